The molecule has 0 fully saturated rings. The molecular weight excluding hydrogens is 474 g/mol. The third kappa shape index (κ3) is 5.76. The van der Waals surface area contributed by atoms with Crippen LogP contribution >= 0.6 is 15.9 Å². The van der Waals surface area contributed by atoms with Crippen molar-refractivity contribution in [2.75, 3.05) is 7.11 Å². The summed E-state index contributed by atoms with van der Waals surface area (Å²) >= 11 is 3.48. The number of carboxylic acid groups (broad SMARTS) is 1. The van der Waals surface area contributed by atoms with Crippen LogP contribution in [0.25, 0.3) is 6.08 Å². The first-order valence-electron chi connectivity index (χ1n) is 9.75. The predicted molar refractivity (Wildman–Crippen MR) is 126 cm³/mol. The lowest BCUT2D eigenvalue weighted by Crippen LogP contribution is -2.27. The zero-order valence-electron chi connectivity index (χ0n) is 17.6. The van der Waals surface area contributed by atoms with Crippen LogP contribution < -0.4 is 14.8 Å². The van der Waals surface area contributed by atoms with Gasteiger partial charge >= 0.3 is 5.97 Å². The Kier molecular flexibility index (Phi) is 7.68. The van der Waals surface area contributed by atoms with Gasteiger partial charge in [-0.3, -0.25) is 4.79 Å². The van der Waals surface area contributed by atoms with Crippen LogP contribution in [0.15, 0.2) is 76.9 Å². The fraction of sp³-hybridized carbons (Fsp3) is 0.120. The Morgan fingerprint density at radius 3 is 2.41 bits per heavy atom. The summed E-state index contributed by atoms with van der Waals surface area (Å²) in [5.41, 5.74) is 2.77. The van der Waals surface area contributed by atoms with Crippen LogP contribution in [0.1, 0.15) is 27.0 Å². The van der Waals surface area contributed by atoms with Crippen molar-refractivity contribution in [3.63, 3.8) is 0 Å². The number of amides is 1. The third-order valence-corrected chi connectivity index (χ3v) is 5.30. The second kappa shape index (κ2) is 10.6. The van der Waals surface area contributed by atoms with E-state index in [2.05, 4.69) is 21.2 Å². The summed E-state index contributed by atoms with van der Waals surface area (Å²) in [6.45, 7) is 2.36. The molecule has 0 atom stereocenters. The average Bonchev–Trinajstić information content (AvgIpc) is 2.79. The molecule has 6 nitrogen and oxygen atoms in total. The molecule has 0 radical (unpaired) electrons. The maximum Gasteiger partial charge on any atom is 0.352 e. The van der Waals surface area contributed by atoms with Crippen molar-refractivity contribution in [2.45, 2.75) is 13.5 Å². The summed E-state index contributed by atoms with van der Waals surface area (Å²) in [5, 5.41) is 12.0. The highest BCUT2D eigenvalue weighted by atomic mass is 79.9. The molecule has 1 amide bonds. The fourth-order valence-corrected chi connectivity index (χ4v) is 3.56. The molecule has 0 spiro atoms. The summed E-state index contributed by atoms with van der Waals surface area (Å²) < 4.78 is 12.0. The number of carbonyl (C=O) groups excluding carboxylic acids is 1. The van der Waals surface area contributed by atoms with E-state index in [0.29, 0.717) is 33.7 Å². The molecule has 32 heavy (non-hydrogen) atoms. The molecule has 2 N–H and O–H groups in total. The first kappa shape index (κ1) is 23.1. The van der Waals surface area contributed by atoms with Gasteiger partial charge in [-0.25, -0.2) is 4.79 Å². The van der Waals surface area contributed by atoms with Crippen LogP contribution in [0.2, 0.25) is 0 Å². The van der Waals surface area contributed by atoms with E-state index in [0.717, 1.165) is 11.1 Å². The van der Waals surface area contributed by atoms with E-state index in [1.807, 2.05) is 31.2 Å². The minimum absolute atomic E-state index is 0.263. The van der Waals surface area contributed by atoms with Crippen LogP contribution in [-0.4, -0.2) is 24.1 Å². The molecule has 0 aromatic heterocycles. The molecule has 0 bridgehead atoms. The maximum absolute atomic E-state index is 12.4. The first-order chi connectivity index (χ1) is 15.4. The fourth-order valence-electron chi connectivity index (χ4n) is 2.99. The number of hydrogen-bond acceptors (Lipinski definition) is 4. The summed E-state index contributed by atoms with van der Waals surface area (Å²) in [7, 11) is 1.51. The van der Waals surface area contributed by atoms with Crippen LogP contribution in [0.4, 0.5) is 0 Å². The van der Waals surface area contributed by atoms with Crippen molar-refractivity contribution in [3.05, 3.63) is 99.2 Å². The third-order valence-electron chi connectivity index (χ3n) is 4.71. The topological polar surface area (TPSA) is 84.9 Å². The van der Waals surface area contributed by atoms with Gasteiger partial charge in [0.1, 0.15) is 12.3 Å². The summed E-state index contributed by atoms with van der Waals surface area (Å²) in [6, 6.07) is 19.7. The summed E-state index contributed by atoms with van der Waals surface area (Å²) in [6.07, 6.45) is 1.36. The number of rotatable bonds is 8. The zero-order chi connectivity index (χ0) is 23.1. The van der Waals surface area contributed by atoms with E-state index in [1.165, 1.54) is 13.2 Å². The normalized spacial score (nSPS) is 11.0. The molecule has 0 saturated heterocycles. The van der Waals surface area contributed by atoms with Gasteiger partial charge in [-0.15, -0.1) is 0 Å². The lowest BCUT2D eigenvalue weighted by molar-refractivity contribution is -0.132. The smallest absolute Gasteiger partial charge is 0.352 e. The number of carbonyl (C=O) groups is 2. The number of carboxylic acids is 1. The van der Waals surface area contributed by atoms with E-state index in [-0.39, 0.29) is 5.70 Å². The van der Waals surface area contributed by atoms with Crippen molar-refractivity contribution in [1.29, 1.82) is 0 Å². The number of halogens is 1. The van der Waals surface area contributed by atoms with Crippen molar-refractivity contribution in [1.82, 2.24) is 5.32 Å². The standard InChI is InChI=1S/C25H22BrNO5/c1-16-8-6-7-11-19(16)15-32-23-20(26)12-17(14-22(23)31-2)13-21(25(29)30)27-24(28)18-9-4-3-5-10-18/h3-14H,15H2,1-2H3,(H,27,28)(H,29,30). The first-order valence-corrected chi connectivity index (χ1v) is 10.5. The monoisotopic (exact) mass is 495 g/mol. The Hall–Kier alpha value is -3.58. The molecule has 3 aromatic rings. The van der Waals surface area contributed by atoms with Crippen LogP contribution in [0.3, 0.4) is 0 Å². The minimum atomic E-state index is -1.26. The lowest BCUT2D eigenvalue weighted by atomic mass is 10.1. The molecule has 7 heteroatoms. The average molecular weight is 496 g/mol. The molecule has 0 heterocycles. The molecule has 0 unspecified atom stereocenters. The van der Waals surface area contributed by atoms with Crippen molar-refractivity contribution >= 4 is 33.9 Å². The van der Waals surface area contributed by atoms with Gasteiger partial charge in [-0.2, -0.15) is 0 Å². The van der Waals surface area contributed by atoms with Gasteiger partial charge in [0, 0.05) is 5.56 Å². The van der Waals surface area contributed by atoms with E-state index < -0.39 is 11.9 Å². The van der Waals surface area contributed by atoms with Gasteiger partial charge in [0.2, 0.25) is 0 Å². The van der Waals surface area contributed by atoms with E-state index >= 15 is 0 Å². The minimum Gasteiger partial charge on any atom is -0.493 e. The van der Waals surface area contributed by atoms with Gasteiger partial charge in [0.15, 0.2) is 11.5 Å². The summed E-state index contributed by atoms with van der Waals surface area (Å²) in [4.78, 5) is 24.1. The van der Waals surface area contributed by atoms with E-state index in [1.54, 1.807) is 42.5 Å². The molecule has 0 aliphatic heterocycles. The van der Waals surface area contributed by atoms with Crippen molar-refractivity contribution in [2.24, 2.45) is 0 Å². The Bertz CT molecular complexity index is 1160. The molecular formula is C25H22BrNO5. The Morgan fingerprint density at radius 1 is 1.06 bits per heavy atom. The summed E-state index contributed by atoms with van der Waals surface area (Å²) in [5.74, 6) is -0.843. The highest BCUT2D eigenvalue weighted by Gasteiger charge is 2.16. The van der Waals surface area contributed by atoms with E-state index in [9.17, 15) is 14.7 Å². The van der Waals surface area contributed by atoms with Crippen LogP contribution in [0.5, 0.6) is 11.5 Å². The molecule has 3 rings (SSSR count). The second-order valence-corrected chi connectivity index (χ2v) is 7.79. The predicted octanol–water partition coefficient (Wildman–Crippen LogP) is 5.20. The quantitative estimate of drug-likeness (QED) is 0.419. The van der Waals surface area contributed by atoms with Crippen molar-refractivity contribution in [3.8, 4) is 11.5 Å². The largest absolute Gasteiger partial charge is 0.493 e. The number of methoxy groups -OCH3 is 1. The molecule has 164 valence electrons. The molecule has 0 aliphatic carbocycles. The second-order valence-electron chi connectivity index (χ2n) is 6.93. The Balaban J connectivity index is 1.85. The number of aliphatic carboxylic acids is 1. The highest BCUT2D eigenvalue weighted by Crippen LogP contribution is 2.38. The number of benzene rings is 3. The number of ether oxygens (including phenoxy) is 2. The number of hydrogen-bond donors (Lipinski definition) is 2. The maximum atomic E-state index is 12.4. The van der Waals surface area contributed by atoms with Gasteiger partial charge in [0.05, 0.1) is 11.6 Å². The van der Waals surface area contributed by atoms with Crippen LogP contribution in [-0.2, 0) is 11.4 Å². The Morgan fingerprint density at radius 2 is 1.75 bits per heavy atom. The molecule has 0 saturated carbocycles. The highest BCUT2D eigenvalue weighted by molar-refractivity contribution is 9.10. The molecule has 3 aromatic carbocycles. The number of nitrogens with one attached hydrogen (secondary N) is 1. The molecule has 0 aliphatic rings. The number of aryl methyl sites for hydroxylation is 1. The van der Waals surface area contributed by atoms with Gasteiger partial charge in [0.25, 0.3) is 5.91 Å². The van der Waals surface area contributed by atoms with Gasteiger partial charge in [-0.05, 0) is 69.9 Å². The van der Waals surface area contributed by atoms with Crippen LogP contribution in [0, 0.1) is 6.92 Å². The SMILES string of the molecule is COc1cc(C=C(NC(=O)c2ccccc2)C(=O)O)cc(Br)c1OCc1ccccc1C. The lowest BCUT2D eigenvalue weighted by Gasteiger charge is -2.15. The Labute approximate surface area is 194 Å². The van der Waals surface area contributed by atoms with Gasteiger partial charge < -0.3 is 19.9 Å². The zero-order valence-corrected chi connectivity index (χ0v) is 19.2. The van der Waals surface area contributed by atoms with E-state index in [4.69, 9.17) is 9.47 Å². The van der Waals surface area contributed by atoms with Gasteiger partial charge in [-0.1, -0.05) is 42.5 Å². The van der Waals surface area contributed by atoms with Crippen molar-refractivity contribution < 1.29 is 24.2 Å².